The summed E-state index contributed by atoms with van der Waals surface area (Å²) in [4.78, 5) is 10.9. The fraction of sp³-hybridized carbons (Fsp3) is 0.182. The molecule has 1 aromatic carbocycles. The number of allylic oxidation sites excluding steroid dienone is 1. The van der Waals surface area contributed by atoms with Crippen molar-refractivity contribution >= 4 is 11.5 Å². The molecule has 1 aliphatic carbocycles. The van der Waals surface area contributed by atoms with Crippen LogP contribution in [0, 0.1) is 0 Å². The minimum Gasteiger partial charge on any atom is -0.508 e. The third kappa shape index (κ3) is 1.37. The number of carbonyl (C=O) groups is 1. The Morgan fingerprint density at radius 3 is 2.86 bits per heavy atom. The summed E-state index contributed by atoms with van der Waals surface area (Å²) >= 11 is 0. The van der Waals surface area contributed by atoms with Gasteiger partial charge in [-0.15, -0.1) is 0 Å². The molecule has 0 saturated heterocycles. The molecule has 2 rings (SSSR count). The lowest BCUT2D eigenvalue weighted by molar-refractivity contribution is -0.130. The lowest BCUT2D eigenvalue weighted by Crippen LogP contribution is -2.07. The number of phenols is 1. The van der Waals surface area contributed by atoms with Gasteiger partial charge in [0.05, 0.1) is 5.57 Å². The molecule has 0 atom stereocenters. The minimum absolute atomic E-state index is 0.190. The highest BCUT2D eigenvalue weighted by molar-refractivity contribution is 6.16. The monoisotopic (exact) mass is 190 g/mol. The molecule has 0 unspecified atom stereocenters. The zero-order valence-electron chi connectivity index (χ0n) is 7.53. The van der Waals surface area contributed by atoms with E-state index in [0.717, 1.165) is 24.0 Å². The summed E-state index contributed by atoms with van der Waals surface area (Å²) < 4.78 is 0. The molecule has 0 radical (unpaired) electrons. The predicted molar refractivity (Wildman–Crippen MR) is 52.0 cm³/mol. The van der Waals surface area contributed by atoms with Gasteiger partial charge in [0.1, 0.15) is 5.75 Å². The lowest BCUT2D eigenvalue weighted by Gasteiger charge is -2.14. The van der Waals surface area contributed by atoms with Gasteiger partial charge in [-0.25, -0.2) is 4.79 Å². The average molecular weight is 190 g/mol. The van der Waals surface area contributed by atoms with Crippen molar-refractivity contribution in [1.82, 2.24) is 0 Å². The number of aliphatic carboxylic acids is 1. The Bertz CT molecular complexity index is 419. The third-order valence-electron chi connectivity index (χ3n) is 2.37. The van der Waals surface area contributed by atoms with Gasteiger partial charge in [0.25, 0.3) is 0 Å². The van der Waals surface area contributed by atoms with Crippen molar-refractivity contribution in [3.05, 3.63) is 35.4 Å². The van der Waals surface area contributed by atoms with Crippen LogP contribution in [0.3, 0.4) is 0 Å². The summed E-state index contributed by atoms with van der Waals surface area (Å²) in [5, 5.41) is 18.2. The van der Waals surface area contributed by atoms with Crippen LogP contribution in [0.1, 0.15) is 17.5 Å². The number of carboxylic acids is 1. The highest BCUT2D eigenvalue weighted by Gasteiger charge is 2.17. The van der Waals surface area contributed by atoms with E-state index >= 15 is 0 Å². The van der Waals surface area contributed by atoms with Crippen molar-refractivity contribution < 1.29 is 15.0 Å². The van der Waals surface area contributed by atoms with Crippen LogP contribution in [0.2, 0.25) is 0 Å². The molecule has 0 aromatic heterocycles. The van der Waals surface area contributed by atoms with Crippen molar-refractivity contribution in [3.8, 4) is 5.75 Å². The molecule has 0 aliphatic heterocycles. The molecule has 14 heavy (non-hydrogen) atoms. The number of phenolic OH excluding ortho intramolecular Hbond substituents is 1. The Morgan fingerprint density at radius 1 is 1.36 bits per heavy atom. The van der Waals surface area contributed by atoms with Crippen molar-refractivity contribution in [1.29, 1.82) is 0 Å². The summed E-state index contributed by atoms with van der Waals surface area (Å²) in [6.45, 7) is 0. The molecule has 0 heterocycles. The van der Waals surface area contributed by atoms with Gasteiger partial charge in [-0.2, -0.15) is 0 Å². The maximum Gasteiger partial charge on any atom is 0.335 e. The molecule has 0 fully saturated rings. The maximum absolute atomic E-state index is 10.9. The first-order chi connectivity index (χ1) is 6.68. The number of carboxylic acid groups (broad SMARTS) is 1. The molecule has 0 bridgehead atoms. The minimum atomic E-state index is -0.906. The molecule has 3 nitrogen and oxygen atoms in total. The topological polar surface area (TPSA) is 57.5 Å². The van der Waals surface area contributed by atoms with Gasteiger partial charge in [0, 0.05) is 0 Å². The first-order valence-electron chi connectivity index (χ1n) is 4.44. The predicted octanol–water partition coefficient (Wildman–Crippen LogP) is 1.81. The smallest absolute Gasteiger partial charge is 0.335 e. The summed E-state index contributed by atoms with van der Waals surface area (Å²) in [5.74, 6) is -0.716. The van der Waals surface area contributed by atoms with E-state index < -0.39 is 5.97 Å². The molecule has 0 amide bonds. The van der Waals surface area contributed by atoms with Gasteiger partial charge in [-0.3, -0.25) is 0 Å². The van der Waals surface area contributed by atoms with E-state index in [1.807, 2.05) is 0 Å². The molecular weight excluding hydrogens is 180 g/mol. The van der Waals surface area contributed by atoms with E-state index in [-0.39, 0.29) is 5.75 Å². The highest BCUT2D eigenvalue weighted by atomic mass is 16.4. The largest absolute Gasteiger partial charge is 0.508 e. The van der Waals surface area contributed by atoms with Gasteiger partial charge in [0.2, 0.25) is 0 Å². The van der Waals surface area contributed by atoms with Gasteiger partial charge in [-0.05, 0) is 36.1 Å². The van der Waals surface area contributed by atoms with E-state index in [1.54, 1.807) is 18.2 Å². The summed E-state index contributed by atoms with van der Waals surface area (Å²) in [6, 6.07) is 4.80. The Kier molecular flexibility index (Phi) is 2.00. The molecule has 72 valence electrons. The Morgan fingerprint density at radius 2 is 2.14 bits per heavy atom. The summed E-state index contributed by atoms with van der Waals surface area (Å²) in [5.41, 5.74) is 1.97. The van der Waals surface area contributed by atoms with Gasteiger partial charge in [-0.1, -0.05) is 12.1 Å². The Balaban J connectivity index is 2.54. The number of aromatic hydroxyl groups is 1. The average Bonchev–Trinajstić information content (AvgIpc) is 2.16. The van der Waals surface area contributed by atoms with Crippen molar-refractivity contribution in [2.24, 2.45) is 0 Å². The van der Waals surface area contributed by atoms with Crippen LogP contribution in [-0.2, 0) is 11.2 Å². The number of benzene rings is 1. The number of rotatable bonds is 1. The zero-order chi connectivity index (χ0) is 10.1. The van der Waals surface area contributed by atoms with Gasteiger partial charge in [0.15, 0.2) is 0 Å². The van der Waals surface area contributed by atoms with Crippen LogP contribution >= 0.6 is 0 Å². The maximum atomic E-state index is 10.9. The van der Waals surface area contributed by atoms with Crippen molar-refractivity contribution in [2.45, 2.75) is 12.8 Å². The zero-order valence-corrected chi connectivity index (χ0v) is 7.53. The third-order valence-corrected chi connectivity index (χ3v) is 2.37. The van der Waals surface area contributed by atoms with Crippen LogP contribution in [0.25, 0.3) is 5.57 Å². The van der Waals surface area contributed by atoms with Crippen LogP contribution in [-0.4, -0.2) is 16.2 Å². The van der Waals surface area contributed by atoms with E-state index in [1.165, 1.54) is 6.07 Å². The molecule has 2 N–H and O–H groups in total. The van der Waals surface area contributed by atoms with Gasteiger partial charge >= 0.3 is 5.97 Å². The SMILES string of the molecule is O=C(O)C1=CCCc2cc(O)ccc21. The fourth-order valence-electron chi connectivity index (χ4n) is 1.73. The van der Waals surface area contributed by atoms with E-state index in [0.29, 0.717) is 5.57 Å². The Hall–Kier alpha value is -1.77. The first-order valence-corrected chi connectivity index (χ1v) is 4.44. The number of fused-ring (bicyclic) bond motifs is 1. The summed E-state index contributed by atoms with van der Waals surface area (Å²) in [7, 11) is 0. The molecule has 0 spiro atoms. The molecule has 3 heteroatoms. The Labute approximate surface area is 81.3 Å². The van der Waals surface area contributed by atoms with E-state index in [4.69, 9.17) is 5.11 Å². The van der Waals surface area contributed by atoms with Crippen LogP contribution in [0.15, 0.2) is 24.3 Å². The lowest BCUT2D eigenvalue weighted by atomic mass is 9.91. The second kappa shape index (κ2) is 3.18. The molecular formula is C11H10O3. The standard InChI is InChI=1S/C11H10O3/c12-8-4-5-9-7(6-8)2-1-3-10(9)11(13)14/h3-6,12H,1-2H2,(H,13,14). The van der Waals surface area contributed by atoms with Crippen LogP contribution in [0.5, 0.6) is 5.75 Å². The molecule has 1 aromatic rings. The molecule has 0 saturated carbocycles. The van der Waals surface area contributed by atoms with Crippen LogP contribution < -0.4 is 0 Å². The first kappa shape index (κ1) is 8.81. The molecule has 1 aliphatic rings. The number of hydrogen-bond acceptors (Lipinski definition) is 2. The van der Waals surface area contributed by atoms with E-state index in [2.05, 4.69) is 0 Å². The normalized spacial score (nSPS) is 14.4. The van der Waals surface area contributed by atoms with E-state index in [9.17, 15) is 9.90 Å². The number of hydrogen-bond donors (Lipinski definition) is 2. The van der Waals surface area contributed by atoms with Crippen molar-refractivity contribution in [2.75, 3.05) is 0 Å². The fourth-order valence-corrected chi connectivity index (χ4v) is 1.73. The second-order valence-electron chi connectivity index (χ2n) is 3.30. The van der Waals surface area contributed by atoms with Gasteiger partial charge < -0.3 is 10.2 Å². The number of aryl methyl sites for hydroxylation is 1. The quantitative estimate of drug-likeness (QED) is 0.710. The van der Waals surface area contributed by atoms with Crippen LogP contribution in [0.4, 0.5) is 0 Å². The summed E-state index contributed by atoms with van der Waals surface area (Å²) in [6.07, 6.45) is 3.24. The second-order valence-corrected chi connectivity index (χ2v) is 3.30. The van der Waals surface area contributed by atoms with Crippen molar-refractivity contribution in [3.63, 3.8) is 0 Å². The highest BCUT2D eigenvalue weighted by Crippen LogP contribution is 2.29.